The van der Waals surface area contributed by atoms with Gasteiger partial charge in [-0.25, -0.2) is 0 Å². The summed E-state index contributed by atoms with van der Waals surface area (Å²) in [7, 11) is -0.720. The first-order chi connectivity index (χ1) is 9.77. The first-order valence-electron chi connectivity index (χ1n) is 7.48. The maximum atomic E-state index is 12.1. The van der Waals surface area contributed by atoms with Crippen LogP contribution in [0.2, 0.25) is 0 Å². The monoisotopic (exact) mass is 292 g/mol. The molecule has 1 aliphatic heterocycles. The molecule has 20 heavy (non-hydrogen) atoms. The van der Waals surface area contributed by atoms with Gasteiger partial charge in [-0.2, -0.15) is 0 Å². The predicted molar refractivity (Wildman–Crippen MR) is 85.9 cm³/mol. The third kappa shape index (κ3) is 4.78. The highest BCUT2D eigenvalue weighted by Gasteiger charge is 2.18. The normalized spacial score (nSPS) is 24.8. The number of benzene rings is 1. The Labute approximate surface area is 124 Å². The Kier molecular flexibility index (Phi) is 6.31. The summed E-state index contributed by atoms with van der Waals surface area (Å²) in [6.07, 6.45) is 7.62. The van der Waals surface area contributed by atoms with Crippen LogP contribution >= 0.6 is 0 Å². The van der Waals surface area contributed by atoms with Crippen LogP contribution in [0, 0.1) is 0 Å². The molecular formula is C17H24O2S. The molecule has 0 radical (unpaired) electrons. The van der Waals surface area contributed by atoms with Crippen LogP contribution in [-0.2, 0) is 15.5 Å². The molecule has 0 spiro atoms. The maximum absolute atomic E-state index is 12.1. The zero-order valence-corrected chi connectivity index (χ0v) is 13.0. The van der Waals surface area contributed by atoms with E-state index in [0.717, 1.165) is 24.2 Å². The summed E-state index contributed by atoms with van der Waals surface area (Å²) in [5.41, 5.74) is 2.29. The SMILES string of the molecule is C/C(=C/OCC1CCCCCCS1=O)c1ccccc1. The van der Waals surface area contributed by atoms with E-state index in [4.69, 9.17) is 4.74 Å². The Hall–Kier alpha value is -1.09. The van der Waals surface area contributed by atoms with Crippen LogP contribution in [0.15, 0.2) is 36.6 Å². The summed E-state index contributed by atoms with van der Waals surface area (Å²) in [5, 5.41) is 0.204. The summed E-state index contributed by atoms with van der Waals surface area (Å²) in [6.45, 7) is 2.63. The molecule has 110 valence electrons. The summed E-state index contributed by atoms with van der Waals surface area (Å²) in [6, 6.07) is 10.2. The first kappa shape index (κ1) is 15.3. The van der Waals surface area contributed by atoms with Crippen molar-refractivity contribution in [1.82, 2.24) is 0 Å². The fraction of sp³-hybridized carbons (Fsp3) is 0.529. The van der Waals surface area contributed by atoms with Crippen molar-refractivity contribution < 1.29 is 8.95 Å². The van der Waals surface area contributed by atoms with Gasteiger partial charge in [-0.3, -0.25) is 4.21 Å². The lowest BCUT2D eigenvalue weighted by Gasteiger charge is -2.18. The molecule has 1 saturated heterocycles. The highest BCUT2D eigenvalue weighted by atomic mass is 32.2. The van der Waals surface area contributed by atoms with E-state index in [1.807, 2.05) is 31.4 Å². The van der Waals surface area contributed by atoms with Gasteiger partial charge in [0.2, 0.25) is 0 Å². The van der Waals surface area contributed by atoms with Crippen molar-refractivity contribution in [1.29, 1.82) is 0 Å². The number of allylic oxidation sites excluding steroid dienone is 1. The van der Waals surface area contributed by atoms with Crippen LogP contribution in [0.5, 0.6) is 0 Å². The van der Waals surface area contributed by atoms with Crippen molar-refractivity contribution in [3.05, 3.63) is 42.2 Å². The third-order valence-corrected chi connectivity index (χ3v) is 5.57. The molecule has 1 aliphatic rings. The van der Waals surface area contributed by atoms with Crippen molar-refractivity contribution in [2.45, 2.75) is 44.3 Å². The van der Waals surface area contributed by atoms with E-state index in [1.54, 1.807) is 0 Å². The van der Waals surface area contributed by atoms with Crippen molar-refractivity contribution in [2.24, 2.45) is 0 Å². The van der Waals surface area contributed by atoms with E-state index in [9.17, 15) is 4.21 Å². The lowest BCUT2D eigenvalue weighted by Crippen LogP contribution is -2.24. The van der Waals surface area contributed by atoms with Crippen LogP contribution in [-0.4, -0.2) is 21.8 Å². The second-order valence-electron chi connectivity index (χ2n) is 5.41. The summed E-state index contributed by atoms with van der Waals surface area (Å²) in [5.74, 6) is 0.843. The topological polar surface area (TPSA) is 26.3 Å². The van der Waals surface area contributed by atoms with E-state index in [-0.39, 0.29) is 5.25 Å². The molecule has 3 heteroatoms. The first-order valence-corrected chi connectivity index (χ1v) is 8.86. The molecule has 2 unspecified atom stereocenters. The van der Waals surface area contributed by atoms with Crippen molar-refractivity contribution in [3.8, 4) is 0 Å². The second kappa shape index (κ2) is 8.25. The maximum Gasteiger partial charge on any atom is 0.102 e. The summed E-state index contributed by atoms with van der Waals surface area (Å²) >= 11 is 0. The van der Waals surface area contributed by atoms with Crippen molar-refractivity contribution in [2.75, 3.05) is 12.4 Å². The van der Waals surface area contributed by atoms with E-state index in [0.29, 0.717) is 6.61 Å². The number of ether oxygens (including phenoxy) is 1. The molecule has 2 rings (SSSR count). The van der Waals surface area contributed by atoms with Gasteiger partial charge in [-0.1, -0.05) is 49.6 Å². The lowest BCUT2D eigenvalue weighted by molar-refractivity contribution is 0.244. The zero-order valence-electron chi connectivity index (χ0n) is 12.2. The average Bonchev–Trinajstić information content (AvgIpc) is 2.47. The largest absolute Gasteiger partial charge is 0.500 e. The van der Waals surface area contributed by atoms with Gasteiger partial charge < -0.3 is 4.74 Å². The summed E-state index contributed by atoms with van der Waals surface area (Å²) in [4.78, 5) is 0. The molecule has 0 bridgehead atoms. The second-order valence-corrected chi connectivity index (χ2v) is 7.25. The number of hydrogen-bond donors (Lipinski definition) is 0. The molecule has 0 amide bonds. The van der Waals surface area contributed by atoms with E-state index >= 15 is 0 Å². The van der Waals surface area contributed by atoms with Crippen LogP contribution in [0.4, 0.5) is 0 Å². The fourth-order valence-electron chi connectivity index (χ4n) is 2.48. The molecular weight excluding hydrogens is 268 g/mol. The molecule has 1 heterocycles. The van der Waals surface area contributed by atoms with Gasteiger partial charge in [0.05, 0.1) is 11.5 Å². The Morgan fingerprint density at radius 2 is 2.00 bits per heavy atom. The van der Waals surface area contributed by atoms with Gasteiger partial charge in [0.1, 0.15) is 6.61 Å². The van der Waals surface area contributed by atoms with Crippen LogP contribution in [0.3, 0.4) is 0 Å². The quantitative estimate of drug-likeness (QED) is 0.779. The Morgan fingerprint density at radius 1 is 1.25 bits per heavy atom. The van der Waals surface area contributed by atoms with Crippen LogP contribution in [0.1, 0.15) is 44.6 Å². The van der Waals surface area contributed by atoms with Crippen molar-refractivity contribution >= 4 is 16.4 Å². The lowest BCUT2D eigenvalue weighted by atomic mass is 10.1. The number of hydrogen-bond acceptors (Lipinski definition) is 2. The van der Waals surface area contributed by atoms with Gasteiger partial charge in [0.15, 0.2) is 0 Å². The van der Waals surface area contributed by atoms with E-state index in [1.165, 1.54) is 24.8 Å². The van der Waals surface area contributed by atoms with Gasteiger partial charge in [0, 0.05) is 16.6 Å². The highest BCUT2D eigenvalue weighted by Crippen LogP contribution is 2.17. The molecule has 1 aromatic rings. The molecule has 0 aliphatic carbocycles. The molecule has 1 fully saturated rings. The minimum Gasteiger partial charge on any atom is -0.500 e. The Bertz CT molecular complexity index is 453. The molecule has 2 atom stereocenters. The van der Waals surface area contributed by atoms with Crippen LogP contribution < -0.4 is 0 Å². The van der Waals surface area contributed by atoms with E-state index < -0.39 is 10.8 Å². The van der Waals surface area contributed by atoms with Gasteiger partial charge in [0.25, 0.3) is 0 Å². The molecule has 1 aromatic carbocycles. The average molecular weight is 292 g/mol. The van der Waals surface area contributed by atoms with Crippen molar-refractivity contribution in [3.63, 3.8) is 0 Å². The molecule has 2 nitrogen and oxygen atoms in total. The molecule has 0 N–H and O–H groups in total. The third-order valence-electron chi connectivity index (χ3n) is 3.76. The van der Waals surface area contributed by atoms with Gasteiger partial charge >= 0.3 is 0 Å². The molecule has 0 saturated carbocycles. The van der Waals surface area contributed by atoms with E-state index in [2.05, 4.69) is 12.1 Å². The zero-order chi connectivity index (χ0) is 14.2. The number of rotatable bonds is 4. The Morgan fingerprint density at radius 3 is 2.80 bits per heavy atom. The highest BCUT2D eigenvalue weighted by molar-refractivity contribution is 7.85. The standard InChI is InChI=1S/C17H24O2S/c1-15(16-9-5-4-6-10-16)13-19-14-17-11-7-2-3-8-12-20(17)18/h4-6,9-10,13,17H,2-3,7-8,11-12,14H2,1H3/b15-13-. The van der Waals surface area contributed by atoms with Crippen LogP contribution in [0.25, 0.3) is 5.57 Å². The Balaban J connectivity index is 1.86. The molecule has 0 aromatic heterocycles. The van der Waals surface area contributed by atoms with Gasteiger partial charge in [-0.15, -0.1) is 0 Å². The minimum atomic E-state index is -0.720. The smallest absolute Gasteiger partial charge is 0.102 e. The minimum absolute atomic E-state index is 0.204. The summed E-state index contributed by atoms with van der Waals surface area (Å²) < 4.78 is 17.8. The predicted octanol–water partition coefficient (Wildman–Crippen LogP) is 4.15. The fourth-order valence-corrected chi connectivity index (χ4v) is 3.96. The van der Waals surface area contributed by atoms with Gasteiger partial charge in [-0.05, 0) is 30.9 Å².